The van der Waals surface area contributed by atoms with Gasteiger partial charge in [-0.2, -0.15) is 0 Å². The second-order valence-electron chi connectivity index (χ2n) is 2.95. The van der Waals surface area contributed by atoms with E-state index in [1.165, 1.54) is 23.9 Å². The molecule has 3 N–H and O–H groups in total. The van der Waals surface area contributed by atoms with Crippen molar-refractivity contribution in [2.24, 2.45) is 5.73 Å². The Balaban J connectivity index is 2.28. The molecule has 0 amide bonds. The monoisotopic (exact) mass is 223 g/mol. The Morgan fingerprint density at radius 1 is 1.47 bits per heavy atom. The number of rotatable bonds is 3. The van der Waals surface area contributed by atoms with Gasteiger partial charge < -0.3 is 10.7 Å². The first kappa shape index (κ1) is 10.2. The summed E-state index contributed by atoms with van der Waals surface area (Å²) >= 11 is 1.44. The molecule has 2 rings (SSSR count). The molecule has 0 saturated heterocycles. The molecule has 0 fully saturated rings. The SMILES string of the molecule is NCc1cc(F)ccc1Sc1ncc[nH]1. The van der Waals surface area contributed by atoms with E-state index in [0.29, 0.717) is 6.54 Å². The van der Waals surface area contributed by atoms with E-state index in [4.69, 9.17) is 5.73 Å². The lowest BCUT2D eigenvalue weighted by molar-refractivity contribution is 0.623. The number of hydrogen-bond donors (Lipinski definition) is 2. The second-order valence-corrected chi connectivity index (χ2v) is 3.98. The standard InChI is InChI=1S/C10H10FN3S/c11-8-1-2-9(7(5-8)6-12)15-10-13-3-4-14-10/h1-5H,6,12H2,(H,13,14). The summed E-state index contributed by atoms with van der Waals surface area (Å²) in [5.41, 5.74) is 6.33. The summed E-state index contributed by atoms with van der Waals surface area (Å²) in [5, 5.41) is 0.774. The molecule has 0 unspecified atom stereocenters. The van der Waals surface area contributed by atoms with E-state index in [-0.39, 0.29) is 5.82 Å². The van der Waals surface area contributed by atoms with Crippen LogP contribution in [0.3, 0.4) is 0 Å². The van der Waals surface area contributed by atoms with Crippen LogP contribution in [-0.4, -0.2) is 9.97 Å². The number of benzene rings is 1. The van der Waals surface area contributed by atoms with E-state index in [1.807, 2.05) is 0 Å². The molecular formula is C10H10FN3S. The third-order valence-corrected chi connectivity index (χ3v) is 2.96. The van der Waals surface area contributed by atoms with E-state index < -0.39 is 0 Å². The Morgan fingerprint density at radius 3 is 3.00 bits per heavy atom. The normalized spacial score (nSPS) is 10.5. The molecule has 0 aliphatic heterocycles. The van der Waals surface area contributed by atoms with Gasteiger partial charge in [-0.25, -0.2) is 9.37 Å². The van der Waals surface area contributed by atoms with Gasteiger partial charge in [-0.3, -0.25) is 0 Å². The fourth-order valence-electron chi connectivity index (χ4n) is 1.22. The molecule has 0 saturated carbocycles. The molecule has 1 aromatic heterocycles. The van der Waals surface area contributed by atoms with Gasteiger partial charge in [0.15, 0.2) is 5.16 Å². The number of halogens is 1. The molecule has 0 aliphatic rings. The van der Waals surface area contributed by atoms with Gasteiger partial charge in [0, 0.05) is 23.8 Å². The van der Waals surface area contributed by atoms with Crippen molar-refractivity contribution in [2.75, 3.05) is 0 Å². The van der Waals surface area contributed by atoms with Gasteiger partial charge in [-0.05, 0) is 23.8 Å². The van der Waals surface area contributed by atoms with E-state index >= 15 is 0 Å². The summed E-state index contributed by atoms with van der Waals surface area (Å²) in [5.74, 6) is -0.265. The molecule has 78 valence electrons. The first-order chi connectivity index (χ1) is 7.29. The Labute approximate surface area is 90.9 Å². The summed E-state index contributed by atoms with van der Waals surface area (Å²) in [6, 6.07) is 4.58. The minimum absolute atomic E-state index is 0.265. The maximum atomic E-state index is 12.9. The Hall–Kier alpha value is -1.33. The summed E-state index contributed by atoms with van der Waals surface area (Å²) in [6.45, 7) is 0.320. The number of aromatic nitrogens is 2. The van der Waals surface area contributed by atoms with E-state index in [2.05, 4.69) is 9.97 Å². The van der Waals surface area contributed by atoms with E-state index in [9.17, 15) is 4.39 Å². The van der Waals surface area contributed by atoms with Gasteiger partial charge in [0.2, 0.25) is 0 Å². The number of H-pyrrole nitrogens is 1. The quantitative estimate of drug-likeness (QED) is 0.838. The molecule has 2 aromatic rings. The van der Waals surface area contributed by atoms with Crippen molar-refractivity contribution in [1.29, 1.82) is 0 Å². The minimum atomic E-state index is -0.265. The molecule has 0 radical (unpaired) electrons. The third-order valence-electron chi connectivity index (χ3n) is 1.92. The molecular weight excluding hydrogens is 213 g/mol. The highest BCUT2D eigenvalue weighted by Gasteiger charge is 2.05. The molecule has 3 nitrogen and oxygen atoms in total. The van der Waals surface area contributed by atoms with Crippen molar-refractivity contribution in [3.8, 4) is 0 Å². The van der Waals surface area contributed by atoms with Gasteiger partial charge >= 0.3 is 0 Å². The zero-order valence-electron chi connectivity index (χ0n) is 7.90. The number of nitrogens with two attached hydrogens (primary N) is 1. The van der Waals surface area contributed by atoms with Gasteiger partial charge in [0.25, 0.3) is 0 Å². The van der Waals surface area contributed by atoms with Crippen LogP contribution in [0.2, 0.25) is 0 Å². The van der Waals surface area contributed by atoms with Gasteiger partial charge in [0.05, 0.1) is 0 Å². The molecule has 15 heavy (non-hydrogen) atoms. The lowest BCUT2D eigenvalue weighted by atomic mass is 10.2. The van der Waals surface area contributed by atoms with E-state index in [0.717, 1.165) is 15.6 Å². The summed E-state index contributed by atoms with van der Waals surface area (Å²) < 4.78 is 12.9. The first-order valence-electron chi connectivity index (χ1n) is 4.45. The van der Waals surface area contributed by atoms with Gasteiger partial charge in [-0.15, -0.1) is 0 Å². The van der Waals surface area contributed by atoms with Crippen LogP contribution in [0.25, 0.3) is 0 Å². The number of imidazole rings is 1. The number of nitrogens with one attached hydrogen (secondary N) is 1. The van der Waals surface area contributed by atoms with Crippen LogP contribution in [0.4, 0.5) is 4.39 Å². The van der Waals surface area contributed by atoms with Crippen molar-refractivity contribution in [3.63, 3.8) is 0 Å². The van der Waals surface area contributed by atoms with Crippen LogP contribution in [0.1, 0.15) is 5.56 Å². The zero-order chi connectivity index (χ0) is 10.7. The predicted molar refractivity (Wildman–Crippen MR) is 57.0 cm³/mol. The third kappa shape index (κ3) is 2.37. The van der Waals surface area contributed by atoms with Gasteiger partial charge in [-0.1, -0.05) is 11.8 Å². The van der Waals surface area contributed by atoms with Crippen molar-refractivity contribution in [2.45, 2.75) is 16.6 Å². The van der Waals surface area contributed by atoms with Crippen LogP contribution in [0.15, 0.2) is 40.6 Å². The van der Waals surface area contributed by atoms with Crippen LogP contribution in [0.5, 0.6) is 0 Å². The molecule has 0 spiro atoms. The highest BCUT2D eigenvalue weighted by molar-refractivity contribution is 7.99. The average molecular weight is 223 g/mol. The Kier molecular flexibility index (Phi) is 3.03. The summed E-state index contributed by atoms with van der Waals surface area (Å²) in [7, 11) is 0. The molecule has 5 heteroatoms. The summed E-state index contributed by atoms with van der Waals surface area (Å²) in [6.07, 6.45) is 3.42. The number of nitrogens with zero attached hydrogens (tertiary/aromatic N) is 1. The maximum absolute atomic E-state index is 12.9. The van der Waals surface area contributed by atoms with E-state index in [1.54, 1.807) is 18.5 Å². The highest BCUT2D eigenvalue weighted by atomic mass is 32.2. The van der Waals surface area contributed by atoms with Crippen molar-refractivity contribution < 1.29 is 4.39 Å². The lowest BCUT2D eigenvalue weighted by Crippen LogP contribution is -1.99. The predicted octanol–water partition coefficient (Wildman–Crippen LogP) is 2.16. The zero-order valence-corrected chi connectivity index (χ0v) is 8.72. The topological polar surface area (TPSA) is 54.7 Å². The van der Waals surface area contributed by atoms with Crippen LogP contribution >= 0.6 is 11.8 Å². The second kappa shape index (κ2) is 4.46. The smallest absolute Gasteiger partial charge is 0.170 e. The molecule has 1 aromatic carbocycles. The fourth-order valence-corrected chi connectivity index (χ4v) is 2.08. The van der Waals surface area contributed by atoms with Crippen molar-refractivity contribution in [3.05, 3.63) is 42.0 Å². The van der Waals surface area contributed by atoms with Crippen LogP contribution in [0, 0.1) is 5.82 Å². The van der Waals surface area contributed by atoms with Crippen molar-refractivity contribution in [1.82, 2.24) is 9.97 Å². The molecule has 0 bridgehead atoms. The van der Waals surface area contributed by atoms with Gasteiger partial charge in [0.1, 0.15) is 5.82 Å². The maximum Gasteiger partial charge on any atom is 0.170 e. The minimum Gasteiger partial charge on any atom is -0.339 e. The molecule has 1 heterocycles. The lowest BCUT2D eigenvalue weighted by Gasteiger charge is -2.05. The average Bonchev–Trinajstić information content (AvgIpc) is 2.73. The first-order valence-corrected chi connectivity index (χ1v) is 5.27. The van der Waals surface area contributed by atoms with Crippen LogP contribution in [-0.2, 0) is 6.54 Å². The van der Waals surface area contributed by atoms with Crippen molar-refractivity contribution >= 4 is 11.8 Å². The Morgan fingerprint density at radius 2 is 2.33 bits per heavy atom. The largest absolute Gasteiger partial charge is 0.339 e. The summed E-state index contributed by atoms with van der Waals surface area (Å²) in [4.78, 5) is 7.98. The number of aromatic amines is 1. The van der Waals surface area contributed by atoms with Crippen LogP contribution < -0.4 is 5.73 Å². The fraction of sp³-hybridized carbons (Fsp3) is 0.100. The Bertz CT molecular complexity index is 442. The molecule has 0 aliphatic carbocycles. The molecule has 0 atom stereocenters. The highest BCUT2D eigenvalue weighted by Crippen LogP contribution is 2.28. The number of hydrogen-bond acceptors (Lipinski definition) is 3.